The summed E-state index contributed by atoms with van der Waals surface area (Å²) in [4.78, 5) is 11.2. The van der Waals surface area contributed by atoms with E-state index in [2.05, 4.69) is 15.9 Å². The number of nitrogens with two attached hydrogens (primary N) is 1. The van der Waals surface area contributed by atoms with Gasteiger partial charge in [0.1, 0.15) is 0 Å². The van der Waals surface area contributed by atoms with Crippen LogP contribution in [0.1, 0.15) is 0 Å². The minimum absolute atomic E-state index is 0.143. The van der Waals surface area contributed by atoms with Crippen LogP contribution in [0.15, 0.2) is 27.6 Å². The molecule has 0 aliphatic rings. The molecule has 1 aromatic heterocycles. The first-order valence-electron chi connectivity index (χ1n) is 3.87. The summed E-state index contributed by atoms with van der Waals surface area (Å²) >= 11 is 3.24. The Kier molecular flexibility index (Phi) is 3.65. The zero-order valence-corrected chi connectivity index (χ0v) is 8.57. The van der Waals surface area contributed by atoms with Crippen molar-refractivity contribution in [1.82, 2.24) is 4.57 Å². The van der Waals surface area contributed by atoms with Gasteiger partial charge in [0.25, 0.3) is 5.56 Å². The third kappa shape index (κ3) is 2.95. The first-order chi connectivity index (χ1) is 6.13. The number of aliphatic hydroxyl groups is 1. The maximum atomic E-state index is 11.2. The third-order valence-electron chi connectivity index (χ3n) is 1.63. The lowest BCUT2D eigenvalue weighted by molar-refractivity contribution is 0.160. The summed E-state index contributed by atoms with van der Waals surface area (Å²) in [7, 11) is 0. The summed E-state index contributed by atoms with van der Waals surface area (Å²) in [6, 6.07) is 3.10. The van der Waals surface area contributed by atoms with E-state index in [1.807, 2.05) is 0 Å². The number of aliphatic hydroxyl groups excluding tert-OH is 1. The number of halogens is 1. The van der Waals surface area contributed by atoms with Crippen molar-refractivity contribution in [3.05, 3.63) is 33.2 Å². The van der Waals surface area contributed by atoms with Crippen LogP contribution < -0.4 is 11.3 Å². The molecule has 0 radical (unpaired) electrons. The van der Waals surface area contributed by atoms with Crippen molar-refractivity contribution in [3.63, 3.8) is 0 Å². The fraction of sp³-hybridized carbons (Fsp3) is 0.375. The molecule has 13 heavy (non-hydrogen) atoms. The second-order valence-electron chi connectivity index (χ2n) is 2.73. The lowest BCUT2D eigenvalue weighted by atomic mass is 10.3. The van der Waals surface area contributed by atoms with Gasteiger partial charge < -0.3 is 15.4 Å². The molecule has 0 spiro atoms. The van der Waals surface area contributed by atoms with Crippen LogP contribution in [0.3, 0.4) is 0 Å². The molecule has 1 heterocycles. The summed E-state index contributed by atoms with van der Waals surface area (Å²) in [5.74, 6) is 0. The van der Waals surface area contributed by atoms with E-state index in [4.69, 9.17) is 5.73 Å². The molecule has 3 N–H and O–H groups in total. The molecule has 1 atom stereocenters. The minimum atomic E-state index is -0.674. The molecule has 0 saturated heterocycles. The quantitative estimate of drug-likeness (QED) is 0.785. The van der Waals surface area contributed by atoms with Crippen LogP contribution in [0.5, 0.6) is 0 Å². The summed E-state index contributed by atoms with van der Waals surface area (Å²) in [5.41, 5.74) is 5.09. The molecule has 1 rings (SSSR count). The molecule has 0 aromatic carbocycles. The maximum absolute atomic E-state index is 11.2. The number of aromatic nitrogens is 1. The van der Waals surface area contributed by atoms with E-state index >= 15 is 0 Å². The minimum Gasteiger partial charge on any atom is -0.390 e. The average molecular weight is 247 g/mol. The monoisotopic (exact) mass is 246 g/mol. The van der Waals surface area contributed by atoms with Gasteiger partial charge in [-0.3, -0.25) is 4.79 Å². The van der Waals surface area contributed by atoms with E-state index in [1.54, 1.807) is 12.3 Å². The van der Waals surface area contributed by atoms with Gasteiger partial charge in [0, 0.05) is 23.3 Å². The number of hydrogen-bond donors (Lipinski definition) is 2. The zero-order valence-electron chi connectivity index (χ0n) is 6.98. The highest BCUT2D eigenvalue weighted by atomic mass is 79.9. The molecule has 0 amide bonds. The van der Waals surface area contributed by atoms with E-state index in [0.29, 0.717) is 0 Å². The first-order valence-corrected chi connectivity index (χ1v) is 4.67. The lowest BCUT2D eigenvalue weighted by Gasteiger charge is -2.09. The fourth-order valence-corrected chi connectivity index (χ4v) is 1.33. The van der Waals surface area contributed by atoms with Gasteiger partial charge in [-0.25, -0.2) is 0 Å². The van der Waals surface area contributed by atoms with E-state index in [9.17, 15) is 9.90 Å². The van der Waals surface area contributed by atoms with Gasteiger partial charge in [-0.05, 0) is 22.0 Å². The van der Waals surface area contributed by atoms with E-state index < -0.39 is 6.10 Å². The number of rotatable bonds is 3. The topological polar surface area (TPSA) is 68.2 Å². The Morgan fingerprint density at radius 3 is 2.92 bits per heavy atom. The molecular weight excluding hydrogens is 236 g/mol. The third-order valence-corrected chi connectivity index (χ3v) is 2.10. The Labute approximate surface area is 84.1 Å². The Hall–Kier alpha value is -0.650. The van der Waals surface area contributed by atoms with Crippen LogP contribution in [0.4, 0.5) is 0 Å². The molecule has 0 bridgehead atoms. The van der Waals surface area contributed by atoms with Crippen molar-refractivity contribution in [2.24, 2.45) is 5.73 Å². The molecular formula is C8H11BrN2O2. The SMILES string of the molecule is NCC(O)Cn1cc(Br)ccc1=O. The van der Waals surface area contributed by atoms with E-state index in [0.717, 1.165) is 4.47 Å². The van der Waals surface area contributed by atoms with E-state index in [-0.39, 0.29) is 18.6 Å². The van der Waals surface area contributed by atoms with Crippen LogP contribution >= 0.6 is 15.9 Å². The van der Waals surface area contributed by atoms with Crippen LogP contribution in [0.2, 0.25) is 0 Å². The number of hydrogen-bond acceptors (Lipinski definition) is 3. The van der Waals surface area contributed by atoms with E-state index in [1.165, 1.54) is 10.6 Å². The van der Waals surface area contributed by atoms with Gasteiger partial charge in [-0.2, -0.15) is 0 Å². The summed E-state index contributed by atoms with van der Waals surface area (Å²) < 4.78 is 2.22. The highest BCUT2D eigenvalue weighted by Gasteiger charge is 2.03. The molecule has 1 aromatic rings. The molecule has 5 heteroatoms. The molecule has 72 valence electrons. The molecule has 4 nitrogen and oxygen atoms in total. The van der Waals surface area contributed by atoms with Gasteiger partial charge in [0.05, 0.1) is 12.6 Å². The van der Waals surface area contributed by atoms with Crippen molar-refractivity contribution in [1.29, 1.82) is 0 Å². The molecule has 0 fully saturated rings. The Morgan fingerprint density at radius 2 is 2.31 bits per heavy atom. The fourth-order valence-electron chi connectivity index (χ4n) is 0.946. The Morgan fingerprint density at radius 1 is 1.62 bits per heavy atom. The van der Waals surface area contributed by atoms with Gasteiger partial charge in [0.2, 0.25) is 0 Å². The number of pyridine rings is 1. The van der Waals surface area contributed by atoms with Crippen LogP contribution in [-0.2, 0) is 6.54 Å². The predicted octanol–water partition coefficient (Wildman–Crippen LogP) is -0.0696. The van der Waals surface area contributed by atoms with Crippen molar-refractivity contribution < 1.29 is 5.11 Å². The lowest BCUT2D eigenvalue weighted by Crippen LogP contribution is -2.30. The Bertz CT molecular complexity index is 337. The van der Waals surface area contributed by atoms with Crippen molar-refractivity contribution in [3.8, 4) is 0 Å². The smallest absolute Gasteiger partial charge is 0.250 e. The van der Waals surface area contributed by atoms with Crippen LogP contribution in [0.25, 0.3) is 0 Å². The van der Waals surface area contributed by atoms with Crippen LogP contribution in [-0.4, -0.2) is 22.3 Å². The predicted molar refractivity (Wildman–Crippen MR) is 53.5 cm³/mol. The van der Waals surface area contributed by atoms with Gasteiger partial charge in [0.15, 0.2) is 0 Å². The van der Waals surface area contributed by atoms with Gasteiger partial charge in [-0.15, -0.1) is 0 Å². The van der Waals surface area contributed by atoms with Crippen molar-refractivity contribution in [2.75, 3.05) is 6.54 Å². The molecule has 0 aliphatic heterocycles. The summed E-state index contributed by atoms with van der Waals surface area (Å²) in [5, 5.41) is 9.23. The maximum Gasteiger partial charge on any atom is 0.250 e. The highest BCUT2D eigenvalue weighted by molar-refractivity contribution is 9.10. The molecule has 0 saturated carbocycles. The molecule has 0 aliphatic carbocycles. The largest absolute Gasteiger partial charge is 0.390 e. The number of nitrogens with zero attached hydrogens (tertiary/aromatic N) is 1. The first kappa shape index (κ1) is 10.4. The second-order valence-corrected chi connectivity index (χ2v) is 3.64. The van der Waals surface area contributed by atoms with Gasteiger partial charge in [-0.1, -0.05) is 0 Å². The van der Waals surface area contributed by atoms with Crippen LogP contribution in [0, 0.1) is 0 Å². The van der Waals surface area contributed by atoms with Gasteiger partial charge >= 0.3 is 0 Å². The second kappa shape index (κ2) is 4.55. The Balaban J connectivity index is 2.87. The normalized spacial score (nSPS) is 12.8. The van der Waals surface area contributed by atoms with Crippen molar-refractivity contribution in [2.45, 2.75) is 12.6 Å². The standard InChI is InChI=1S/C8H11BrN2O2/c9-6-1-2-8(13)11(4-6)5-7(12)3-10/h1-2,4,7,12H,3,5,10H2. The average Bonchev–Trinajstić information content (AvgIpc) is 2.11. The zero-order chi connectivity index (χ0) is 9.84. The molecule has 1 unspecified atom stereocenters. The summed E-state index contributed by atoms with van der Waals surface area (Å²) in [6.45, 7) is 0.383. The van der Waals surface area contributed by atoms with Crippen molar-refractivity contribution >= 4 is 15.9 Å². The summed E-state index contributed by atoms with van der Waals surface area (Å²) in [6.07, 6.45) is 0.952. The highest BCUT2D eigenvalue weighted by Crippen LogP contribution is 2.04.